The minimum atomic E-state index is -0.0511. The Bertz CT molecular complexity index is 627. The van der Waals surface area contributed by atoms with Gasteiger partial charge in [0, 0.05) is 13.1 Å². The first-order valence-corrected chi connectivity index (χ1v) is 7.76. The Labute approximate surface area is 131 Å². The molecule has 1 aliphatic heterocycles. The maximum atomic E-state index is 12.3. The Kier molecular flexibility index (Phi) is 4.01. The maximum Gasteiger partial charge on any atom is 0.289 e. The zero-order valence-electron chi connectivity index (χ0n) is 11.5. The van der Waals surface area contributed by atoms with E-state index < -0.39 is 0 Å². The SMILES string of the molecule is O=C(c1ccc(Br)o1)N1CCC(c2ccc(O)cc2)CC1. The summed E-state index contributed by atoms with van der Waals surface area (Å²) in [5.41, 5.74) is 1.22. The third-order valence-electron chi connectivity index (χ3n) is 3.93. The Morgan fingerprint density at radius 1 is 1.14 bits per heavy atom. The number of carbonyl (C=O) groups is 1. The van der Waals surface area contributed by atoms with Crippen LogP contribution in [0.2, 0.25) is 0 Å². The first-order valence-electron chi connectivity index (χ1n) is 6.97. The second-order valence-electron chi connectivity index (χ2n) is 5.26. The van der Waals surface area contributed by atoms with E-state index in [1.54, 1.807) is 24.3 Å². The van der Waals surface area contributed by atoms with Crippen LogP contribution in [0.4, 0.5) is 0 Å². The van der Waals surface area contributed by atoms with Gasteiger partial charge in [-0.15, -0.1) is 0 Å². The highest BCUT2D eigenvalue weighted by atomic mass is 79.9. The largest absolute Gasteiger partial charge is 0.508 e. The number of phenolic OH excluding ortho intramolecular Hbond substituents is 1. The summed E-state index contributed by atoms with van der Waals surface area (Å²) in [4.78, 5) is 14.1. The monoisotopic (exact) mass is 349 g/mol. The highest BCUT2D eigenvalue weighted by molar-refractivity contribution is 9.10. The highest BCUT2D eigenvalue weighted by Crippen LogP contribution is 2.29. The van der Waals surface area contributed by atoms with Crippen molar-refractivity contribution in [1.82, 2.24) is 4.90 Å². The summed E-state index contributed by atoms with van der Waals surface area (Å²) in [6, 6.07) is 10.8. The van der Waals surface area contributed by atoms with Crippen molar-refractivity contribution in [2.75, 3.05) is 13.1 Å². The van der Waals surface area contributed by atoms with Crippen molar-refractivity contribution in [2.45, 2.75) is 18.8 Å². The molecule has 4 nitrogen and oxygen atoms in total. The molecule has 3 rings (SSSR count). The van der Waals surface area contributed by atoms with Gasteiger partial charge in [-0.2, -0.15) is 0 Å². The van der Waals surface area contributed by atoms with Crippen LogP contribution in [-0.2, 0) is 0 Å². The molecule has 21 heavy (non-hydrogen) atoms. The maximum absolute atomic E-state index is 12.3. The molecular formula is C16H16BrNO3. The topological polar surface area (TPSA) is 53.7 Å². The number of carbonyl (C=O) groups excluding carboxylic acids is 1. The average Bonchev–Trinajstić information content (AvgIpc) is 2.94. The number of aromatic hydroxyl groups is 1. The van der Waals surface area contributed by atoms with Crippen LogP contribution in [0.25, 0.3) is 0 Å². The van der Waals surface area contributed by atoms with Crippen LogP contribution in [0, 0.1) is 0 Å². The number of hydrogen-bond donors (Lipinski definition) is 1. The second kappa shape index (κ2) is 5.93. The molecule has 1 N–H and O–H groups in total. The third-order valence-corrected chi connectivity index (χ3v) is 4.36. The van der Waals surface area contributed by atoms with Gasteiger partial charge in [-0.05, 0) is 64.5 Å². The molecule has 0 spiro atoms. The van der Waals surface area contributed by atoms with Gasteiger partial charge in [-0.1, -0.05) is 12.1 Å². The molecule has 0 aliphatic carbocycles. The van der Waals surface area contributed by atoms with Gasteiger partial charge in [-0.25, -0.2) is 0 Å². The van der Waals surface area contributed by atoms with Crippen molar-refractivity contribution in [3.63, 3.8) is 0 Å². The molecule has 110 valence electrons. The van der Waals surface area contributed by atoms with Crippen molar-refractivity contribution in [3.05, 3.63) is 52.4 Å². The zero-order valence-corrected chi connectivity index (χ0v) is 13.0. The highest BCUT2D eigenvalue weighted by Gasteiger charge is 2.26. The predicted octanol–water partition coefficient (Wildman–Crippen LogP) is 3.77. The molecule has 1 aliphatic rings. The number of amides is 1. The first kappa shape index (κ1) is 14.2. The van der Waals surface area contributed by atoms with Crippen LogP contribution in [0.3, 0.4) is 0 Å². The lowest BCUT2D eigenvalue weighted by Crippen LogP contribution is -2.37. The Hall–Kier alpha value is -1.75. The summed E-state index contributed by atoms with van der Waals surface area (Å²) in [5.74, 6) is 1.06. The van der Waals surface area contributed by atoms with Crippen LogP contribution >= 0.6 is 15.9 Å². The normalized spacial score (nSPS) is 16.1. The molecule has 5 heteroatoms. The standard InChI is InChI=1S/C16H16BrNO3/c17-15-6-5-14(21-15)16(20)18-9-7-12(8-10-18)11-1-3-13(19)4-2-11/h1-6,12,19H,7-10H2. The lowest BCUT2D eigenvalue weighted by atomic mass is 9.89. The molecule has 1 fully saturated rings. The second-order valence-corrected chi connectivity index (χ2v) is 6.04. The lowest BCUT2D eigenvalue weighted by Gasteiger charge is -2.31. The fourth-order valence-corrected chi connectivity index (χ4v) is 3.05. The molecule has 0 radical (unpaired) electrons. The minimum absolute atomic E-state index is 0.0511. The molecule has 2 aromatic rings. The molecule has 1 aromatic heterocycles. The fraction of sp³-hybridized carbons (Fsp3) is 0.312. The lowest BCUT2D eigenvalue weighted by molar-refractivity contribution is 0.0679. The Morgan fingerprint density at radius 3 is 2.38 bits per heavy atom. The number of rotatable bonds is 2. The van der Waals surface area contributed by atoms with E-state index in [1.165, 1.54) is 5.56 Å². The summed E-state index contributed by atoms with van der Waals surface area (Å²) in [6.45, 7) is 1.45. The number of piperidine rings is 1. The van der Waals surface area contributed by atoms with E-state index in [9.17, 15) is 9.90 Å². The van der Waals surface area contributed by atoms with Gasteiger partial charge >= 0.3 is 0 Å². The third kappa shape index (κ3) is 3.13. The smallest absolute Gasteiger partial charge is 0.289 e. The molecule has 1 aromatic carbocycles. The molecule has 2 heterocycles. The summed E-state index contributed by atoms with van der Waals surface area (Å²) in [6.07, 6.45) is 1.86. The van der Waals surface area contributed by atoms with Crippen molar-refractivity contribution in [1.29, 1.82) is 0 Å². The van der Waals surface area contributed by atoms with E-state index in [-0.39, 0.29) is 11.7 Å². The van der Waals surface area contributed by atoms with Gasteiger partial charge in [0.15, 0.2) is 10.4 Å². The van der Waals surface area contributed by atoms with Crippen LogP contribution in [0.5, 0.6) is 5.75 Å². The van der Waals surface area contributed by atoms with Crippen molar-refractivity contribution >= 4 is 21.8 Å². The van der Waals surface area contributed by atoms with Crippen LogP contribution in [0.15, 0.2) is 45.5 Å². The average molecular weight is 350 g/mol. The number of halogens is 1. The van der Waals surface area contributed by atoms with Gasteiger partial charge in [0.2, 0.25) is 0 Å². The molecule has 0 unspecified atom stereocenters. The number of phenols is 1. The molecule has 1 saturated heterocycles. The van der Waals surface area contributed by atoms with E-state index in [0.717, 1.165) is 25.9 Å². The molecule has 0 atom stereocenters. The summed E-state index contributed by atoms with van der Waals surface area (Å²) in [5, 5.41) is 9.33. The van der Waals surface area contributed by atoms with Crippen LogP contribution in [-0.4, -0.2) is 29.0 Å². The minimum Gasteiger partial charge on any atom is -0.508 e. The summed E-state index contributed by atoms with van der Waals surface area (Å²) >= 11 is 3.21. The van der Waals surface area contributed by atoms with Gasteiger partial charge in [-0.3, -0.25) is 4.79 Å². The summed E-state index contributed by atoms with van der Waals surface area (Å²) in [7, 11) is 0. The van der Waals surface area contributed by atoms with Crippen LogP contribution < -0.4 is 0 Å². The Morgan fingerprint density at radius 2 is 1.81 bits per heavy atom. The molecule has 0 bridgehead atoms. The van der Waals surface area contributed by atoms with E-state index in [1.807, 2.05) is 17.0 Å². The molecular weight excluding hydrogens is 334 g/mol. The number of nitrogens with zero attached hydrogens (tertiary/aromatic N) is 1. The zero-order chi connectivity index (χ0) is 14.8. The van der Waals surface area contributed by atoms with Gasteiger partial charge in [0.1, 0.15) is 5.75 Å². The van der Waals surface area contributed by atoms with Gasteiger partial charge in [0.05, 0.1) is 0 Å². The molecule has 0 saturated carbocycles. The fourth-order valence-electron chi connectivity index (χ4n) is 2.75. The van der Waals surface area contributed by atoms with Crippen molar-refractivity contribution in [2.24, 2.45) is 0 Å². The number of likely N-dealkylation sites (tertiary alicyclic amines) is 1. The van der Waals surface area contributed by atoms with E-state index in [4.69, 9.17) is 4.42 Å². The quantitative estimate of drug-likeness (QED) is 0.897. The van der Waals surface area contributed by atoms with Gasteiger partial charge < -0.3 is 14.4 Å². The molecule has 1 amide bonds. The Balaban J connectivity index is 1.62. The number of benzene rings is 1. The van der Waals surface area contributed by atoms with E-state index >= 15 is 0 Å². The van der Waals surface area contributed by atoms with Gasteiger partial charge in [0.25, 0.3) is 5.91 Å². The van der Waals surface area contributed by atoms with E-state index in [0.29, 0.717) is 16.3 Å². The van der Waals surface area contributed by atoms with Crippen LogP contribution in [0.1, 0.15) is 34.9 Å². The first-order chi connectivity index (χ1) is 10.1. The van der Waals surface area contributed by atoms with Crippen molar-refractivity contribution < 1.29 is 14.3 Å². The van der Waals surface area contributed by atoms with E-state index in [2.05, 4.69) is 15.9 Å². The predicted molar refractivity (Wildman–Crippen MR) is 82.4 cm³/mol. The number of furan rings is 1. The summed E-state index contributed by atoms with van der Waals surface area (Å²) < 4.78 is 5.89. The van der Waals surface area contributed by atoms with Crippen molar-refractivity contribution in [3.8, 4) is 5.75 Å². The number of hydrogen-bond acceptors (Lipinski definition) is 3.